The SMILES string of the molecule is CN1CC(C)(C)CCCC(C)(c2cccc(CCC(N)=O)c2)c2cnc([nH]2)-c2cc(ccc2F)Oc2c(F)cc3[nH]ccc3c2CCC1=O. The normalized spacial score (nSPS) is 18.7. The predicted molar refractivity (Wildman–Crippen MR) is 186 cm³/mol. The van der Waals surface area contributed by atoms with Crippen molar-refractivity contribution in [1.82, 2.24) is 19.9 Å². The number of H-pyrrole nitrogens is 2. The summed E-state index contributed by atoms with van der Waals surface area (Å²) in [5.74, 6) is -0.939. The zero-order valence-corrected chi connectivity index (χ0v) is 28.5. The lowest BCUT2D eigenvalue weighted by Gasteiger charge is -2.34. The molecule has 0 saturated carbocycles. The lowest BCUT2D eigenvalue weighted by Crippen LogP contribution is -2.36. The summed E-state index contributed by atoms with van der Waals surface area (Å²) in [5, 5.41) is 0.758. The Labute approximate surface area is 285 Å². The first kappa shape index (κ1) is 33.9. The second kappa shape index (κ2) is 13.5. The molecule has 1 unspecified atom stereocenters. The van der Waals surface area contributed by atoms with Gasteiger partial charge in [0.05, 0.1) is 5.56 Å². The molecule has 6 rings (SSSR count). The number of hydrogen-bond donors (Lipinski definition) is 3. The van der Waals surface area contributed by atoms with Gasteiger partial charge < -0.3 is 25.3 Å². The lowest BCUT2D eigenvalue weighted by atomic mass is 9.73. The third-order valence-electron chi connectivity index (χ3n) is 9.88. The number of nitrogens with one attached hydrogen (secondary N) is 2. The Kier molecular flexibility index (Phi) is 9.33. The third kappa shape index (κ3) is 7.23. The molecule has 4 N–H and O–H groups in total. The number of ether oxygens (including phenoxy) is 1. The minimum absolute atomic E-state index is 0.00211. The number of nitrogens with two attached hydrogens (primary N) is 1. The highest BCUT2D eigenvalue weighted by atomic mass is 19.1. The van der Waals surface area contributed by atoms with E-state index in [1.54, 1.807) is 17.3 Å². The molecule has 49 heavy (non-hydrogen) atoms. The van der Waals surface area contributed by atoms with Gasteiger partial charge in [-0.15, -0.1) is 0 Å². The van der Waals surface area contributed by atoms with E-state index in [9.17, 15) is 9.59 Å². The van der Waals surface area contributed by atoms with Crippen molar-refractivity contribution < 1.29 is 23.1 Å². The summed E-state index contributed by atoms with van der Waals surface area (Å²) in [5.41, 5.74) is 8.86. The van der Waals surface area contributed by atoms with E-state index < -0.39 is 17.0 Å². The van der Waals surface area contributed by atoms with Crippen LogP contribution < -0.4 is 10.5 Å². The fourth-order valence-electron chi connectivity index (χ4n) is 7.11. The Morgan fingerprint density at radius 1 is 1.04 bits per heavy atom. The summed E-state index contributed by atoms with van der Waals surface area (Å²) < 4.78 is 37.3. The summed E-state index contributed by atoms with van der Waals surface area (Å²) in [7, 11) is 1.81. The molecule has 2 aromatic heterocycles. The highest BCUT2D eigenvalue weighted by Crippen LogP contribution is 2.41. The van der Waals surface area contributed by atoms with Gasteiger partial charge in [0.25, 0.3) is 0 Å². The molecule has 0 saturated heterocycles. The maximum atomic E-state index is 15.7. The third-order valence-corrected chi connectivity index (χ3v) is 9.88. The van der Waals surface area contributed by atoms with Crippen molar-refractivity contribution >= 4 is 22.7 Å². The standard InChI is InChI=1S/C39H43F2N5O3/c1-38(2)16-6-17-39(3,25-8-5-7-24(19-25)9-13-34(42)47)33-22-44-37(45-33)29-20-26(10-12-30(29)40)49-36-28(11-14-35(48)46(4)23-38)27-15-18-43-32(27)21-31(36)41/h5,7-8,10,12,15,18-22,43H,6,9,11,13-14,16-17,23H2,1-4H3,(H2,42,47)(H,44,45). The van der Waals surface area contributed by atoms with Crippen molar-refractivity contribution in [2.24, 2.45) is 11.1 Å². The fourth-order valence-corrected chi connectivity index (χ4v) is 7.11. The number of fused-ring (bicyclic) bond motifs is 8. The van der Waals surface area contributed by atoms with Crippen molar-refractivity contribution in [2.45, 2.75) is 71.1 Å². The minimum atomic E-state index is -0.585. The van der Waals surface area contributed by atoms with Crippen molar-refractivity contribution in [3.63, 3.8) is 0 Å². The number of aromatic amines is 2. The number of imidazole rings is 1. The number of nitrogens with zero attached hydrogens (tertiary/aromatic N) is 2. The molecule has 4 bridgehead atoms. The van der Waals surface area contributed by atoms with Gasteiger partial charge in [-0.2, -0.15) is 0 Å². The summed E-state index contributed by atoms with van der Waals surface area (Å²) >= 11 is 0. The van der Waals surface area contributed by atoms with Gasteiger partial charge >= 0.3 is 0 Å². The lowest BCUT2D eigenvalue weighted by molar-refractivity contribution is -0.131. The van der Waals surface area contributed by atoms with Crippen LogP contribution in [0.1, 0.15) is 75.3 Å². The van der Waals surface area contributed by atoms with Crippen molar-refractivity contribution in [3.8, 4) is 22.9 Å². The topological polar surface area (TPSA) is 117 Å². The quantitative estimate of drug-likeness (QED) is 0.180. The smallest absolute Gasteiger partial charge is 0.222 e. The Morgan fingerprint density at radius 2 is 1.86 bits per heavy atom. The molecular weight excluding hydrogens is 624 g/mol. The highest BCUT2D eigenvalue weighted by Gasteiger charge is 2.33. The molecule has 10 heteroatoms. The van der Waals surface area contributed by atoms with Crippen LogP contribution in [-0.4, -0.2) is 45.3 Å². The summed E-state index contributed by atoms with van der Waals surface area (Å²) in [4.78, 5) is 37.9. The first-order chi connectivity index (χ1) is 23.3. The van der Waals surface area contributed by atoms with Gasteiger partial charge in [0.15, 0.2) is 11.6 Å². The Morgan fingerprint density at radius 3 is 2.65 bits per heavy atom. The molecule has 8 nitrogen and oxygen atoms in total. The van der Waals surface area contributed by atoms with Gasteiger partial charge in [0.1, 0.15) is 17.4 Å². The van der Waals surface area contributed by atoms with Crippen LogP contribution in [0.4, 0.5) is 8.78 Å². The summed E-state index contributed by atoms with van der Waals surface area (Å²) in [6.07, 6.45) is 7.08. The number of carbonyl (C=O) groups excluding carboxylic acids is 2. The fraction of sp³-hybridized carbons (Fsp3) is 0.359. The number of amides is 2. The number of halogens is 2. The number of benzene rings is 3. The predicted octanol–water partition coefficient (Wildman–Crippen LogP) is 7.95. The van der Waals surface area contributed by atoms with E-state index in [1.165, 1.54) is 24.3 Å². The Balaban J connectivity index is 1.45. The number of aryl methyl sites for hydroxylation is 2. The van der Waals surface area contributed by atoms with Crippen LogP contribution in [0.5, 0.6) is 11.5 Å². The highest BCUT2D eigenvalue weighted by molar-refractivity contribution is 5.86. The second-order valence-corrected chi connectivity index (χ2v) is 14.3. The van der Waals surface area contributed by atoms with Gasteiger partial charge in [0, 0.05) is 72.5 Å². The first-order valence-corrected chi connectivity index (χ1v) is 16.8. The number of hydrogen-bond acceptors (Lipinski definition) is 4. The van der Waals surface area contributed by atoms with Gasteiger partial charge in [-0.3, -0.25) is 9.59 Å². The molecule has 256 valence electrons. The number of aromatic nitrogens is 3. The Bertz CT molecular complexity index is 2010. The molecule has 3 heterocycles. The van der Waals surface area contributed by atoms with Crippen LogP contribution in [0.25, 0.3) is 22.3 Å². The molecule has 1 atom stereocenters. The van der Waals surface area contributed by atoms with E-state index in [0.29, 0.717) is 29.9 Å². The van der Waals surface area contributed by atoms with Gasteiger partial charge in [-0.05, 0) is 73.4 Å². The number of carbonyl (C=O) groups is 2. The monoisotopic (exact) mass is 667 g/mol. The van der Waals surface area contributed by atoms with E-state index in [-0.39, 0.29) is 53.6 Å². The number of rotatable bonds is 4. The molecule has 0 radical (unpaired) electrons. The van der Waals surface area contributed by atoms with Crippen LogP contribution in [0.15, 0.2) is 67.0 Å². The van der Waals surface area contributed by atoms with Crippen LogP contribution in [0, 0.1) is 17.0 Å². The van der Waals surface area contributed by atoms with Crippen molar-refractivity contribution in [1.29, 1.82) is 0 Å². The number of primary amides is 1. The van der Waals surface area contributed by atoms with E-state index in [4.69, 9.17) is 10.5 Å². The van der Waals surface area contributed by atoms with E-state index in [1.807, 2.05) is 25.2 Å². The second-order valence-electron chi connectivity index (χ2n) is 14.3. The average molecular weight is 668 g/mol. The maximum Gasteiger partial charge on any atom is 0.222 e. The maximum absolute atomic E-state index is 15.7. The van der Waals surface area contributed by atoms with Crippen LogP contribution in [0.2, 0.25) is 0 Å². The zero-order chi connectivity index (χ0) is 34.9. The molecule has 1 aliphatic rings. The van der Waals surface area contributed by atoms with Crippen molar-refractivity contribution in [2.75, 3.05) is 13.6 Å². The van der Waals surface area contributed by atoms with Gasteiger partial charge in [-0.1, -0.05) is 44.5 Å². The zero-order valence-electron chi connectivity index (χ0n) is 28.5. The van der Waals surface area contributed by atoms with E-state index in [2.05, 4.69) is 47.9 Å². The van der Waals surface area contributed by atoms with Crippen LogP contribution in [0.3, 0.4) is 0 Å². The molecule has 3 aromatic carbocycles. The molecule has 0 spiro atoms. The summed E-state index contributed by atoms with van der Waals surface area (Å²) in [6.45, 7) is 7.01. The molecule has 5 aromatic rings. The molecule has 0 fully saturated rings. The largest absolute Gasteiger partial charge is 0.454 e. The van der Waals surface area contributed by atoms with Crippen molar-refractivity contribution in [3.05, 3.63) is 101 Å². The molecule has 0 aliphatic carbocycles. The molecular formula is C39H43F2N5O3. The summed E-state index contributed by atoms with van der Waals surface area (Å²) in [6, 6.07) is 15.6. The van der Waals surface area contributed by atoms with Gasteiger partial charge in [0.2, 0.25) is 11.8 Å². The van der Waals surface area contributed by atoms with E-state index in [0.717, 1.165) is 41.5 Å². The molecule has 1 aliphatic heterocycles. The van der Waals surface area contributed by atoms with E-state index >= 15 is 8.78 Å². The van der Waals surface area contributed by atoms with Crippen LogP contribution in [-0.2, 0) is 27.8 Å². The minimum Gasteiger partial charge on any atom is -0.454 e. The first-order valence-electron chi connectivity index (χ1n) is 16.8. The Hall–Kier alpha value is -4.99. The van der Waals surface area contributed by atoms with Gasteiger partial charge in [-0.25, -0.2) is 13.8 Å². The van der Waals surface area contributed by atoms with Crippen LogP contribution >= 0.6 is 0 Å². The average Bonchev–Trinajstić information content (AvgIpc) is 3.74. The molecule has 2 amide bonds.